The molecular weight excluding hydrogens is 358 g/mol. The fraction of sp³-hybridized carbons (Fsp3) is 0.294. The standard InChI is InChI=1S/C17H18ClN5O3/c1-10(2)11-9-16(25)21-17(19-11)23-14(20-15(24)5-6-18)8-12(22-23)13-4-3-7-26-13/h3-4,7-10H,5-6H2,1-2H3,(H,20,24)(H,19,21,25). The summed E-state index contributed by atoms with van der Waals surface area (Å²) in [5.41, 5.74) is 0.817. The molecule has 0 aromatic carbocycles. The number of hydrogen-bond donors (Lipinski definition) is 2. The van der Waals surface area contributed by atoms with Crippen LogP contribution in [-0.2, 0) is 4.79 Å². The van der Waals surface area contributed by atoms with Gasteiger partial charge in [0.05, 0.1) is 12.0 Å². The number of carbonyl (C=O) groups excluding carboxylic acids is 1. The van der Waals surface area contributed by atoms with Crippen molar-refractivity contribution in [2.75, 3.05) is 11.2 Å². The van der Waals surface area contributed by atoms with Gasteiger partial charge in [0.15, 0.2) is 5.76 Å². The van der Waals surface area contributed by atoms with Gasteiger partial charge < -0.3 is 9.73 Å². The summed E-state index contributed by atoms with van der Waals surface area (Å²) in [6, 6.07) is 6.57. The van der Waals surface area contributed by atoms with Crippen LogP contribution >= 0.6 is 11.6 Å². The van der Waals surface area contributed by atoms with Crippen LogP contribution in [0.25, 0.3) is 17.4 Å². The second-order valence-corrected chi connectivity index (χ2v) is 6.32. The van der Waals surface area contributed by atoms with E-state index in [2.05, 4.69) is 20.4 Å². The predicted molar refractivity (Wildman–Crippen MR) is 97.7 cm³/mol. The number of rotatable bonds is 6. The second-order valence-electron chi connectivity index (χ2n) is 5.94. The normalized spacial score (nSPS) is 11.1. The quantitative estimate of drug-likeness (QED) is 0.644. The van der Waals surface area contributed by atoms with Crippen LogP contribution < -0.4 is 10.9 Å². The SMILES string of the molecule is CC(C)c1cc(=O)[nH]c(-n2nc(-c3ccco3)cc2NC(=O)CCCl)n1. The van der Waals surface area contributed by atoms with E-state index in [1.54, 1.807) is 18.2 Å². The number of furan rings is 1. The highest BCUT2D eigenvalue weighted by Gasteiger charge is 2.17. The molecule has 0 atom stereocenters. The van der Waals surface area contributed by atoms with Crippen LogP contribution in [0.15, 0.2) is 39.7 Å². The summed E-state index contributed by atoms with van der Waals surface area (Å²) in [6.45, 7) is 3.87. The Bertz CT molecular complexity index is 959. The van der Waals surface area contributed by atoms with E-state index < -0.39 is 0 Å². The Kier molecular flexibility index (Phi) is 5.22. The first-order chi connectivity index (χ1) is 12.5. The minimum atomic E-state index is -0.299. The third-order valence-corrected chi connectivity index (χ3v) is 3.80. The Morgan fingerprint density at radius 1 is 1.42 bits per heavy atom. The molecule has 0 bridgehead atoms. The molecule has 0 fully saturated rings. The van der Waals surface area contributed by atoms with Crippen molar-refractivity contribution in [3.63, 3.8) is 0 Å². The van der Waals surface area contributed by atoms with Gasteiger partial charge in [-0.2, -0.15) is 9.78 Å². The van der Waals surface area contributed by atoms with E-state index in [0.717, 1.165) is 0 Å². The number of halogens is 1. The summed E-state index contributed by atoms with van der Waals surface area (Å²) in [6.07, 6.45) is 1.68. The summed E-state index contributed by atoms with van der Waals surface area (Å²) in [5, 5.41) is 7.15. The zero-order valence-corrected chi connectivity index (χ0v) is 15.1. The average Bonchev–Trinajstić information content (AvgIpc) is 3.23. The van der Waals surface area contributed by atoms with Crippen molar-refractivity contribution in [3.05, 3.63) is 46.6 Å². The van der Waals surface area contributed by atoms with Crippen LogP contribution in [0.3, 0.4) is 0 Å². The van der Waals surface area contributed by atoms with Gasteiger partial charge in [-0.1, -0.05) is 13.8 Å². The number of H-pyrrole nitrogens is 1. The van der Waals surface area contributed by atoms with Gasteiger partial charge in [-0.3, -0.25) is 14.6 Å². The number of amides is 1. The van der Waals surface area contributed by atoms with E-state index in [0.29, 0.717) is 23.0 Å². The average molecular weight is 376 g/mol. The molecule has 136 valence electrons. The maximum absolute atomic E-state index is 12.0. The molecule has 8 nitrogen and oxygen atoms in total. The molecule has 0 saturated heterocycles. The van der Waals surface area contributed by atoms with Crippen molar-refractivity contribution in [2.45, 2.75) is 26.2 Å². The maximum atomic E-state index is 12.0. The van der Waals surface area contributed by atoms with Crippen molar-refractivity contribution >= 4 is 23.3 Å². The van der Waals surface area contributed by atoms with E-state index in [9.17, 15) is 9.59 Å². The van der Waals surface area contributed by atoms with E-state index in [1.165, 1.54) is 17.0 Å². The number of nitrogens with one attached hydrogen (secondary N) is 2. The molecule has 1 amide bonds. The number of carbonyl (C=O) groups is 1. The summed E-state index contributed by atoms with van der Waals surface area (Å²) >= 11 is 5.62. The van der Waals surface area contributed by atoms with Gasteiger partial charge in [-0.05, 0) is 18.1 Å². The highest BCUT2D eigenvalue weighted by atomic mass is 35.5. The highest BCUT2D eigenvalue weighted by Crippen LogP contribution is 2.24. The maximum Gasteiger partial charge on any atom is 0.252 e. The minimum absolute atomic E-state index is 0.0606. The lowest BCUT2D eigenvalue weighted by Crippen LogP contribution is -2.19. The molecular formula is C17H18ClN5O3. The van der Waals surface area contributed by atoms with Crippen LogP contribution in [0.4, 0.5) is 5.82 Å². The number of aromatic amines is 1. The lowest BCUT2D eigenvalue weighted by molar-refractivity contribution is -0.115. The molecule has 0 aliphatic heterocycles. The lowest BCUT2D eigenvalue weighted by Gasteiger charge is -2.10. The van der Waals surface area contributed by atoms with E-state index in [1.807, 2.05) is 13.8 Å². The van der Waals surface area contributed by atoms with E-state index in [4.69, 9.17) is 16.0 Å². The number of nitrogens with zero attached hydrogens (tertiary/aromatic N) is 3. The molecule has 0 spiro atoms. The molecule has 0 saturated carbocycles. The molecule has 2 N–H and O–H groups in total. The van der Waals surface area contributed by atoms with E-state index >= 15 is 0 Å². The Morgan fingerprint density at radius 2 is 2.23 bits per heavy atom. The molecule has 3 rings (SSSR count). The Labute approximate surface area is 154 Å². The van der Waals surface area contributed by atoms with Gasteiger partial charge in [-0.25, -0.2) is 4.98 Å². The predicted octanol–water partition coefficient (Wildman–Crippen LogP) is 2.91. The number of hydrogen-bond acceptors (Lipinski definition) is 5. The van der Waals surface area contributed by atoms with Crippen molar-refractivity contribution in [3.8, 4) is 17.4 Å². The van der Waals surface area contributed by atoms with Gasteiger partial charge in [-0.15, -0.1) is 11.6 Å². The van der Waals surface area contributed by atoms with Gasteiger partial charge in [0.1, 0.15) is 11.5 Å². The van der Waals surface area contributed by atoms with Gasteiger partial charge in [0.2, 0.25) is 11.9 Å². The number of anilines is 1. The molecule has 0 radical (unpaired) electrons. The zero-order valence-electron chi connectivity index (χ0n) is 14.3. The Morgan fingerprint density at radius 3 is 2.88 bits per heavy atom. The molecule has 9 heteroatoms. The third kappa shape index (κ3) is 3.85. The van der Waals surface area contributed by atoms with Crippen LogP contribution in [0.1, 0.15) is 31.9 Å². The van der Waals surface area contributed by atoms with Crippen LogP contribution in [-0.4, -0.2) is 31.5 Å². The highest BCUT2D eigenvalue weighted by molar-refractivity contribution is 6.19. The third-order valence-electron chi connectivity index (χ3n) is 3.61. The Hall–Kier alpha value is -2.87. The molecule has 0 unspecified atom stereocenters. The molecule has 0 aliphatic rings. The largest absolute Gasteiger partial charge is 0.463 e. The van der Waals surface area contributed by atoms with Crippen LogP contribution in [0.2, 0.25) is 0 Å². The Balaban J connectivity index is 2.10. The molecule has 3 heterocycles. The van der Waals surface area contributed by atoms with Crippen molar-refractivity contribution in [2.24, 2.45) is 0 Å². The summed E-state index contributed by atoms with van der Waals surface area (Å²) in [5.74, 6) is 1.08. The molecule has 3 aromatic rings. The first-order valence-electron chi connectivity index (χ1n) is 8.09. The lowest BCUT2D eigenvalue weighted by atomic mass is 10.1. The van der Waals surface area contributed by atoms with Gasteiger partial charge in [0.25, 0.3) is 5.56 Å². The van der Waals surface area contributed by atoms with Gasteiger partial charge in [0, 0.05) is 24.4 Å². The zero-order chi connectivity index (χ0) is 18.7. The fourth-order valence-electron chi connectivity index (χ4n) is 2.33. The van der Waals surface area contributed by atoms with Crippen molar-refractivity contribution < 1.29 is 9.21 Å². The van der Waals surface area contributed by atoms with Crippen molar-refractivity contribution in [1.82, 2.24) is 19.7 Å². The topological polar surface area (TPSA) is 106 Å². The van der Waals surface area contributed by atoms with Gasteiger partial charge >= 0.3 is 0 Å². The summed E-state index contributed by atoms with van der Waals surface area (Å²) < 4.78 is 6.73. The van der Waals surface area contributed by atoms with E-state index in [-0.39, 0.29) is 35.6 Å². The summed E-state index contributed by atoms with van der Waals surface area (Å²) in [4.78, 5) is 31.1. The summed E-state index contributed by atoms with van der Waals surface area (Å²) in [7, 11) is 0. The molecule has 0 aliphatic carbocycles. The number of aromatic nitrogens is 4. The second kappa shape index (κ2) is 7.57. The van der Waals surface area contributed by atoms with Crippen molar-refractivity contribution in [1.29, 1.82) is 0 Å². The van der Waals surface area contributed by atoms with Crippen LogP contribution in [0, 0.1) is 0 Å². The fourth-order valence-corrected chi connectivity index (χ4v) is 2.50. The number of alkyl halides is 1. The first kappa shape index (κ1) is 17.9. The molecule has 26 heavy (non-hydrogen) atoms. The first-order valence-corrected chi connectivity index (χ1v) is 8.62. The smallest absolute Gasteiger partial charge is 0.252 e. The monoisotopic (exact) mass is 375 g/mol. The minimum Gasteiger partial charge on any atom is -0.463 e. The molecule has 3 aromatic heterocycles. The van der Waals surface area contributed by atoms with Crippen LogP contribution in [0.5, 0.6) is 0 Å².